The predicted octanol–water partition coefficient (Wildman–Crippen LogP) is 1.18. The highest BCUT2D eigenvalue weighted by Crippen LogP contribution is 2.32. The van der Waals surface area contributed by atoms with Crippen LogP contribution in [-0.4, -0.2) is 34.5 Å². The molecule has 16 heavy (non-hydrogen) atoms. The Kier molecular flexibility index (Phi) is 3.16. The van der Waals surface area contributed by atoms with Gasteiger partial charge in [0.1, 0.15) is 0 Å². The average Bonchev–Trinajstić information content (AvgIpc) is 2.26. The zero-order valence-electron chi connectivity index (χ0n) is 10.7. The summed E-state index contributed by atoms with van der Waals surface area (Å²) in [6, 6.07) is 0. The van der Waals surface area contributed by atoms with E-state index in [0.29, 0.717) is 0 Å². The van der Waals surface area contributed by atoms with Crippen molar-refractivity contribution in [1.29, 1.82) is 0 Å². The molecule has 0 saturated carbocycles. The highest BCUT2D eigenvalue weighted by atomic mass is 16.3. The Morgan fingerprint density at radius 3 is 2.19 bits per heavy atom. The van der Waals surface area contributed by atoms with Gasteiger partial charge in [-0.2, -0.15) is 0 Å². The molecule has 92 valence electrons. The Bertz CT molecular complexity index is 315. The molecule has 4 nitrogen and oxygen atoms in total. The fourth-order valence-corrected chi connectivity index (χ4v) is 1.66. The monoisotopic (exact) mass is 227 g/mol. The quantitative estimate of drug-likeness (QED) is 0.721. The minimum absolute atomic E-state index is 0.102. The van der Waals surface area contributed by atoms with Crippen LogP contribution >= 0.6 is 0 Å². The van der Waals surface area contributed by atoms with E-state index in [1.165, 1.54) is 4.90 Å². The van der Waals surface area contributed by atoms with Crippen LogP contribution in [0.4, 0.5) is 0 Å². The van der Waals surface area contributed by atoms with Crippen molar-refractivity contribution < 1.29 is 14.7 Å². The van der Waals surface area contributed by atoms with Crippen LogP contribution in [0.25, 0.3) is 0 Å². The van der Waals surface area contributed by atoms with Gasteiger partial charge >= 0.3 is 0 Å². The normalized spacial score (nSPS) is 22.8. The molecular formula is C12H21NO3. The Hall–Kier alpha value is -0.900. The maximum atomic E-state index is 11.9. The molecule has 1 N–H and O–H groups in total. The number of carbonyl (C=O) groups is 2. The number of aliphatic hydroxyl groups is 1. The Morgan fingerprint density at radius 2 is 1.88 bits per heavy atom. The second kappa shape index (κ2) is 3.84. The van der Waals surface area contributed by atoms with Gasteiger partial charge in [-0.1, -0.05) is 34.6 Å². The lowest BCUT2D eigenvalue weighted by Gasteiger charge is -2.29. The number of aliphatic hydroxyl groups excluding tert-OH is 1. The van der Waals surface area contributed by atoms with E-state index in [0.717, 1.165) is 0 Å². The van der Waals surface area contributed by atoms with E-state index in [9.17, 15) is 14.7 Å². The zero-order valence-corrected chi connectivity index (χ0v) is 10.7. The Morgan fingerprint density at radius 1 is 1.38 bits per heavy atom. The predicted molar refractivity (Wildman–Crippen MR) is 60.6 cm³/mol. The molecule has 0 bridgehead atoms. The summed E-state index contributed by atoms with van der Waals surface area (Å²) in [5.41, 5.74) is -0.942. The van der Waals surface area contributed by atoms with Crippen LogP contribution in [0.5, 0.6) is 0 Å². The van der Waals surface area contributed by atoms with Crippen LogP contribution < -0.4 is 0 Å². The van der Waals surface area contributed by atoms with Gasteiger partial charge in [0.05, 0.1) is 18.1 Å². The van der Waals surface area contributed by atoms with Crippen LogP contribution in [0.15, 0.2) is 0 Å². The third-order valence-corrected chi connectivity index (χ3v) is 3.07. The van der Waals surface area contributed by atoms with Gasteiger partial charge in [0.2, 0.25) is 11.8 Å². The van der Waals surface area contributed by atoms with Crippen molar-refractivity contribution in [2.75, 3.05) is 6.54 Å². The van der Waals surface area contributed by atoms with Crippen molar-refractivity contribution in [3.8, 4) is 0 Å². The molecule has 0 radical (unpaired) electrons. The Balaban J connectivity index is 2.77. The smallest absolute Gasteiger partial charge is 0.235 e. The summed E-state index contributed by atoms with van der Waals surface area (Å²) < 4.78 is 0. The van der Waals surface area contributed by atoms with Gasteiger partial charge in [-0.3, -0.25) is 14.5 Å². The van der Waals surface area contributed by atoms with Crippen LogP contribution in [0.2, 0.25) is 0 Å². The molecule has 1 aliphatic heterocycles. The van der Waals surface area contributed by atoms with E-state index < -0.39 is 11.5 Å². The zero-order chi connectivity index (χ0) is 12.7. The maximum Gasteiger partial charge on any atom is 0.235 e. The van der Waals surface area contributed by atoms with E-state index in [2.05, 4.69) is 0 Å². The summed E-state index contributed by atoms with van der Waals surface area (Å²) >= 11 is 0. The molecule has 1 saturated heterocycles. The standard InChI is InChI=1S/C12H21NO3/c1-11(2,3)8(14)7-13-9(15)6-12(4,5)10(13)16/h8,14H,6-7H2,1-5H3. The Labute approximate surface area is 96.6 Å². The molecule has 0 spiro atoms. The number of hydrogen-bond acceptors (Lipinski definition) is 3. The van der Waals surface area contributed by atoms with Gasteiger partial charge in [0.25, 0.3) is 0 Å². The van der Waals surface area contributed by atoms with E-state index in [4.69, 9.17) is 0 Å². The number of carbonyl (C=O) groups excluding carboxylic acids is 2. The van der Waals surface area contributed by atoms with Crippen molar-refractivity contribution in [3.63, 3.8) is 0 Å². The summed E-state index contributed by atoms with van der Waals surface area (Å²) in [5.74, 6) is -0.362. The average molecular weight is 227 g/mol. The highest BCUT2D eigenvalue weighted by molar-refractivity contribution is 6.05. The molecule has 1 heterocycles. The number of amides is 2. The van der Waals surface area contributed by atoms with Gasteiger partial charge in [0.15, 0.2) is 0 Å². The molecule has 1 rings (SSSR count). The molecule has 1 fully saturated rings. The fourth-order valence-electron chi connectivity index (χ4n) is 1.66. The SMILES string of the molecule is CC1(C)CC(=O)N(CC(O)C(C)(C)C)C1=O. The molecule has 2 amide bonds. The first-order valence-corrected chi connectivity index (χ1v) is 5.58. The molecule has 1 aliphatic rings. The summed E-state index contributed by atoms with van der Waals surface area (Å²) in [6.07, 6.45) is -0.447. The molecule has 1 atom stereocenters. The summed E-state index contributed by atoms with van der Waals surface area (Å²) in [7, 11) is 0. The lowest BCUT2D eigenvalue weighted by atomic mass is 9.88. The first-order valence-electron chi connectivity index (χ1n) is 5.58. The van der Waals surface area contributed by atoms with Crippen LogP contribution in [0, 0.1) is 10.8 Å². The van der Waals surface area contributed by atoms with E-state index >= 15 is 0 Å². The lowest BCUT2D eigenvalue weighted by molar-refractivity contribution is -0.143. The third kappa shape index (κ3) is 2.43. The molecule has 0 aromatic rings. The second-order valence-electron chi connectivity index (χ2n) is 6.25. The number of rotatable bonds is 2. The largest absolute Gasteiger partial charge is 0.391 e. The molecule has 0 aromatic carbocycles. The van der Waals surface area contributed by atoms with E-state index in [1.54, 1.807) is 13.8 Å². The number of hydrogen-bond donors (Lipinski definition) is 1. The number of nitrogens with zero attached hydrogens (tertiary/aromatic N) is 1. The topological polar surface area (TPSA) is 57.6 Å². The van der Waals surface area contributed by atoms with Crippen LogP contribution in [0.1, 0.15) is 41.0 Å². The highest BCUT2D eigenvalue weighted by Gasteiger charge is 2.45. The van der Waals surface area contributed by atoms with Crippen molar-refractivity contribution in [1.82, 2.24) is 4.90 Å². The first kappa shape index (κ1) is 13.2. The van der Waals surface area contributed by atoms with Gasteiger partial charge < -0.3 is 5.11 Å². The fraction of sp³-hybridized carbons (Fsp3) is 0.833. The molecule has 0 aliphatic carbocycles. The van der Waals surface area contributed by atoms with Crippen molar-refractivity contribution in [2.45, 2.75) is 47.1 Å². The summed E-state index contributed by atoms with van der Waals surface area (Å²) in [4.78, 5) is 24.7. The minimum Gasteiger partial charge on any atom is -0.391 e. The molecule has 1 unspecified atom stereocenters. The third-order valence-electron chi connectivity index (χ3n) is 3.07. The van der Waals surface area contributed by atoms with Gasteiger partial charge in [-0.15, -0.1) is 0 Å². The summed E-state index contributed by atoms with van der Waals surface area (Å²) in [6.45, 7) is 9.27. The van der Waals surface area contributed by atoms with Crippen molar-refractivity contribution in [3.05, 3.63) is 0 Å². The summed E-state index contributed by atoms with van der Waals surface area (Å²) in [5, 5.41) is 9.91. The number of β-amino-alcohol motifs (C(OH)–C–C–N with tert-alkyl or cyclic N) is 1. The number of imide groups is 1. The molecule has 4 heteroatoms. The van der Waals surface area contributed by atoms with E-state index in [1.807, 2.05) is 20.8 Å². The maximum absolute atomic E-state index is 11.9. The molecule has 0 aromatic heterocycles. The van der Waals surface area contributed by atoms with Crippen LogP contribution in [-0.2, 0) is 9.59 Å². The number of likely N-dealkylation sites (tertiary alicyclic amines) is 1. The van der Waals surface area contributed by atoms with Gasteiger partial charge in [0, 0.05) is 6.42 Å². The van der Waals surface area contributed by atoms with Crippen molar-refractivity contribution >= 4 is 11.8 Å². The van der Waals surface area contributed by atoms with Crippen LogP contribution in [0.3, 0.4) is 0 Å². The first-order chi connectivity index (χ1) is 7.05. The second-order valence-corrected chi connectivity index (χ2v) is 6.25. The lowest BCUT2D eigenvalue weighted by Crippen LogP contribution is -2.43. The van der Waals surface area contributed by atoms with Crippen molar-refractivity contribution in [2.24, 2.45) is 10.8 Å². The minimum atomic E-state index is -0.686. The van der Waals surface area contributed by atoms with Gasteiger partial charge in [-0.05, 0) is 5.41 Å². The van der Waals surface area contributed by atoms with Gasteiger partial charge in [-0.25, -0.2) is 0 Å². The van der Waals surface area contributed by atoms with E-state index in [-0.39, 0.29) is 30.2 Å². The molecular weight excluding hydrogens is 206 g/mol.